The Morgan fingerprint density at radius 3 is 2.44 bits per heavy atom. The molecule has 0 aliphatic heterocycles. The summed E-state index contributed by atoms with van der Waals surface area (Å²) in [7, 11) is 1.07. The predicted molar refractivity (Wildman–Crippen MR) is 52.6 cm³/mol. The van der Waals surface area contributed by atoms with E-state index in [0.717, 1.165) is 13.2 Å². The third-order valence-corrected chi connectivity index (χ3v) is 2.70. The fourth-order valence-corrected chi connectivity index (χ4v) is 1.58. The van der Waals surface area contributed by atoms with Crippen LogP contribution in [0.2, 0.25) is 0 Å². The molecule has 7 heteroatoms. The van der Waals surface area contributed by atoms with Crippen LogP contribution in [0.5, 0.6) is 0 Å². The number of ether oxygens (including phenoxy) is 1. The standard InChI is InChI=1S/C11H9F4NO2/c1-18-9(17)6-2-3-7(11(13,14)15)16-8(6)10(12)4-5-10/h2-3H,4-5H2,1H3. The van der Waals surface area contributed by atoms with Gasteiger partial charge in [0.1, 0.15) is 5.69 Å². The molecule has 1 aliphatic carbocycles. The fourth-order valence-electron chi connectivity index (χ4n) is 1.58. The highest BCUT2D eigenvalue weighted by atomic mass is 19.4. The van der Waals surface area contributed by atoms with Crippen molar-refractivity contribution in [3.05, 3.63) is 29.1 Å². The zero-order valence-corrected chi connectivity index (χ0v) is 9.34. The number of rotatable bonds is 2. The van der Waals surface area contributed by atoms with E-state index >= 15 is 0 Å². The molecule has 1 saturated carbocycles. The van der Waals surface area contributed by atoms with Crippen molar-refractivity contribution in [1.82, 2.24) is 4.98 Å². The number of methoxy groups -OCH3 is 1. The smallest absolute Gasteiger partial charge is 0.433 e. The van der Waals surface area contributed by atoms with Gasteiger partial charge in [0.15, 0.2) is 5.67 Å². The summed E-state index contributed by atoms with van der Waals surface area (Å²) >= 11 is 0. The van der Waals surface area contributed by atoms with Crippen LogP contribution in [0.1, 0.15) is 34.6 Å². The van der Waals surface area contributed by atoms with Crippen molar-refractivity contribution < 1.29 is 27.1 Å². The molecular weight excluding hydrogens is 254 g/mol. The fraction of sp³-hybridized carbons (Fsp3) is 0.455. The molecule has 0 saturated heterocycles. The Morgan fingerprint density at radius 1 is 1.39 bits per heavy atom. The first-order chi connectivity index (χ1) is 8.28. The Hall–Kier alpha value is -1.66. The van der Waals surface area contributed by atoms with Gasteiger partial charge in [-0.25, -0.2) is 14.2 Å². The quantitative estimate of drug-likeness (QED) is 0.608. The van der Waals surface area contributed by atoms with Crippen molar-refractivity contribution in [3.8, 4) is 0 Å². The van der Waals surface area contributed by atoms with Crippen LogP contribution in [0, 0.1) is 0 Å². The second-order valence-corrected chi connectivity index (χ2v) is 4.05. The third kappa shape index (κ3) is 2.16. The normalized spacial score (nSPS) is 17.4. The minimum atomic E-state index is -4.67. The molecular formula is C11H9F4NO2. The Bertz CT molecular complexity index is 494. The molecule has 1 aromatic rings. The molecule has 0 amide bonds. The van der Waals surface area contributed by atoms with Gasteiger partial charge in [0, 0.05) is 0 Å². The van der Waals surface area contributed by atoms with Crippen LogP contribution in [-0.2, 0) is 16.6 Å². The third-order valence-electron chi connectivity index (χ3n) is 2.70. The molecule has 1 fully saturated rings. The van der Waals surface area contributed by atoms with E-state index in [4.69, 9.17) is 0 Å². The van der Waals surface area contributed by atoms with Crippen molar-refractivity contribution >= 4 is 5.97 Å². The molecule has 0 atom stereocenters. The summed E-state index contributed by atoms with van der Waals surface area (Å²) in [6, 6.07) is 1.54. The molecule has 1 heterocycles. The Kier molecular flexibility index (Phi) is 2.79. The van der Waals surface area contributed by atoms with Gasteiger partial charge in [-0.1, -0.05) is 0 Å². The van der Waals surface area contributed by atoms with Gasteiger partial charge in [-0.15, -0.1) is 0 Å². The highest BCUT2D eigenvalue weighted by Gasteiger charge is 2.50. The summed E-state index contributed by atoms with van der Waals surface area (Å²) < 4.78 is 55.8. The molecule has 0 spiro atoms. The molecule has 0 unspecified atom stereocenters. The zero-order chi connectivity index (χ0) is 13.6. The average molecular weight is 263 g/mol. The molecule has 1 aliphatic rings. The predicted octanol–water partition coefficient (Wildman–Crippen LogP) is 2.85. The SMILES string of the molecule is COC(=O)c1ccc(C(F)(F)F)nc1C1(F)CC1. The van der Waals surface area contributed by atoms with E-state index in [1.807, 2.05) is 0 Å². The minimum Gasteiger partial charge on any atom is -0.465 e. The van der Waals surface area contributed by atoms with Gasteiger partial charge in [-0.2, -0.15) is 13.2 Å². The first-order valence-corrected chi connectivity index (χ1v) is 5.14. The number of nitrogens with zero attached hydrogens (tertiary/aromatic N) is 1. The van der Waals surface area contributed by atoms with E-state index in [1.54, 1.807) is 0 Å². The van der Waals surface area contributed by atoms with Crippen molar-refractivity contribution in [1.29, 1.82) is 0 Å². The lowest BCUT2D eigenvalue weighted by molar-refractivity contribution is -0.141. The van der Waals surface area contributed by atoms with Crippen LogP contribution < -0.4 is 0 Å². The van der Waals surface area contributed by atoms with E-state index in [1.165, 1.54) is 0 Å². The summed E-state index contributed by atoms with van der Waals surface area (Å²) in [4.78, 5) is 14.6. The van der Waals surface area contributed by atoms with E-state index in [0.29, 0.717) is 6.07 Å². The lowest BCUT2D eigenvalue weighted by Gasteiger charge is -2.13. The van der Waals surface area contributed by atoms with E-state index in [9.17, 15) is 22.4 Å². The topological polar surface area (TPSA) is 39.2 Å². The maximum absolute atomic E-state index is 13.9. The zero-order valence-electron chi connectivity index (χ0n) is 9.34. The van der Waals surface area contributed by atoms with E-state index in [-0.39, 0.29) is 18.4 Å². The second kappa shape index (κ2) is 3.93. The monoisotopic (exact) mass is 263 g/mol. The number of pyridine rings is 1. The van der Waals surface area contributed by atoms with Gasteiger partial charge in [0.05, 0.1) is 18.4 Å². The lowest BCUT2D eigenvalue weighted by atomic mass is 10.1. The molecule has 0 N–H and O–H groups in total. The maximum Gasteiger partial charge on any atom is 0.433 e. The van der Waals surface area contributed by atoms with Gasteiger partial charge in [-0.3, -0.25) is 0 Å². The summed E-state index contributed by atoms with van der Waals surface area (Å²) in [6.07, 6.45) is -4.55. The molecule has 0 aromatic carbocycles. The molecule has 2 rings (SSSR count). The molecule has 0 radical (unpaired) electrons. The van der Waals surface area contributed by atoms with Crippen molar-refractivity contribution in [3.63, 3.8) is 0 Å². The molecule has 3 nitrogen and oxygen atoms in total. The van der Waals surface area contributed by atoms with E-state index < -0.39 is 29.2 Å². The average Bonchev–Trinajstić information content (AvgIpc) is 3.05. The number of aromatic nitrogens is 1. The van der Waals surface area contributed by atoms with Gasteiger partial charge >= 0.3 is 12.1 Å². The highest BCUT2D eigenvalue weighted by Crippen LogP contribution is 2.50. The first-order valence-electron chi connectivity index (χ1n) is 5.14. The molecule has 98 valence electrons. The van der Waals surface area contributed by atoms with Crippen LogP contribution in [0.25, 0.3) is 0 Å². The van der Waals surface area contributed by atoms with Crippen LogP contribution in [-0.4, -0.2) is 18.1 Å². The van der Waals surface area contributed by atoms with Crippen LogP contribution in [0.15, 0.2) is 12.1 Å². The van der Waals surface area contributed by atoms with E-state index in [2.05, 4.69) is 9.72 Å². The number of esters is 1. The Labute approximate surface area is 99.8 Å². The van der Waals surface area contributed by atoms with Crippen molar-refractivity contribution in [2.75, 3.05) is 7.11 Å². The first kappa shape index (κ1) is 12.8. The number of carbonyl (C=O) groups excluding carboxylic acids is 1. The number of halogens is 4. The molecule has 1 aromatic heterocycles. The highest BCUT2D eigenvalue weighted by molar-refractivity contribution is 5.91. The summed E-state index contributed by atoms with van der Waals surface area (Å²) in [5.74, 6) is -0.893. The molecule has 0 bridgehead atoms. The number of hydrogen-bond donors (Lipinski definition) is 0. The Balaban J connectivity index is 2.53. The van der Waals surface area contributed by atoms with Gasteiger partial charge < -0.3 is 4.74 Å². The van der Waals surface area contributed by atoms with Crippen LogP contribution >= 0.6 is 0 Å². The minimum absolute atomic E-state index is 0.0608. The molecule has 18 heavy (non-hydrogen) atoms. The van der Waals surface area contributed by atoms with Crippen LogP contribution in [0.3, 0.4) is 0 Å². The van der Waals surface area contributed by atoms with Crippen molar-refractivity contribution in [2.24, 2.45) is 0 Å². The number of carbonyl (C=O) groups is 1. The largest absolute Gasteiger partial charge is 0.465 e. The Morgan fingerprint density at radius 2 is 2.00 bits per heavy atom. The van der Waals surface area contributed by atoms with Crippen LogP contribution in [0.4, 0.5) is 17.6 Å². The number of alkyl halides is 4. The summed E-state index contributed by atoms with van der Waals surface area (Å²) in [5.41, 5.74) is -3.89. The second-order valence-electron chi connectivity index (χ2n) is 4.05. The van der Waals surface area contributed by atoms with Crippen molar-refractivity contribution in [2.45, 2.75) is 24.7 Å². The summed E-state index contributed by atoms with van der Waals surface area (Å²) in [5, 5.41) is 0. The lowest BCUT2D eigenvalue weighted by Crippen LogP contribution is -2.17. The van der Waals surface area contributed by atoms with Gasteiger partial charge in [-0.05, 0) is 25.0 Å². The maximum atomic E-state index is 13.9. The number of hydrogen-bond acceptors (Lipinski definition) is 3. The summed E-state index contributed by atoms with van der Waals surface area (Å²) in [6.45, 7) is 0. The van der Waals surface area contributed by atoms with Gasteiger partial charge in [0.25, 0.3) is 0 Å². The van der Waals surface area contributed by atoms with Gasteiger partial charge in [0.2, 0.25) is 0 Å².